The number of ether oxygens (including phenoxy) is 1. The molecule has 5 heterocycles. The van der Waals surface area contributed by atoms with E-state index in [1.165, 1.54) is 6.08 Å². The van der Waals surface area contributed by atoms with Crippen LogP contribution in [-0.4, -0.2) is 114 Å². The fourth-order valence-electron chi connectivity index (χ4n) is 9.57. The minimum atomic E-state index is -1.32. The summed E-state index contributed by atoms with van der Waals surface area (Å²) in [6.45, 7) is 10.6. The number of urea groups is 1. The molecule has 0 aromatic rings. The van der Waals surface area contributed by atoms with Gasteiger partial charge in [0.25, 0.3) is 0 Å². The van der Waals surface area contributed by atoms with Crippen LogP contribution in [0.15, 0.2) is 12.7 Å². The number of piperazine rings is 1. The summed E-state index contributed by atoms with van der Waals surface area (Å²) in [6, 6.07) is 0.822. The first-order chi connectivity index (χ1) is 21.7. The maximum atomic E-state index is 16.6. The van der Waals surface area contributed by atoms with E-state index in [1.807, 2.05) is 4.90 Å². The topological polar surface area (TPSA) is 113 Å². The Morgan fingerprint density at radius 2 is 1.98 bits per heavy atom. The molecular formula is C33H51F2N7O3. The molecule has 6 aliphatic rings. The lowest BCUT2D eigenvalue weighted by molar-refractivity contribution is -0.135. The molecular weight excluding hydrogens is 580 g/mol. The highest BCUT2D eigenvalue weighted by Gasteiger charge is 2.57. The number of piperidine rings is 2. The van der Waals surface area contributed by atoms with Gasteiger partial charge < -0.3 is 25.2 Å². The fraction of sp³-hybridized carbons (Fsp3) is 0.848. The van der Waals surface area contributed by atoms with Gasteiger partial charge in [0, 0.05) is 50.2 Å². The van der Waals surface area contributed by atoms with Crippen molar-refractivity contribution in [2.45, 2.75) is 120 Å². The van der Waals surface area contributed by atoms with Gasteiger partial charge in [0.05, 0.1) is 43.0 Å². The molecule has 0 spiro atoms. The van der Waals surface area contributed by atoms with Crippen molar-refractivity contribution in [1.82, 2.24) is 30.7 Å². The van der Waals surface area contributed by atoms with E-state index in [2.05, 4.69) is 47.3 Å². The molecule has 0 aromatic carbocycles. The van der Waals surface area contributed by atoms with Crippen molar-refractivity contribution < 1.29 is 23.1 Å². The summed E-state index contributed by atoms with van der Waals surface area (Å²) < 4.78 is 38.7. The predicted molar refractivity (Wildman–Crippen MR) is 165 cm³/mol. The monoisotopic (exact) mass is 631 g/mol. The van der Waals surface area contributed by atoms with E-state index in [0.717, 1.165) is 38.6 Å². The molecule has 3 amide bonds. The Hall–Kier alpha value is -2.33. The molecule has 2 bridgehead atoms. The number of rotatable bonds is 4. The van der Waals surface area contributed by atoms with Crippen molar-refractivity contribution in [3.63, 3.8) is 0 Å². The molecule has 5 saturated heterocycles. The van der Waals surface area contributed by atoms with Gasteiger partial charge in [0.2, 0.25) is 5.91 Å². The standard InChI is InChI=1S/C33H51F2N7O3/c1-4-26(43)41-15-14-40(18-21(41)10-12-36)31-22-17-24(35)29-27-23(34)8-5-9-25(27)45-16-6-7-20-11-13-37-28(19(2)3)30(20)42(32(22)38-29)33(44)39-31/h4,19-25,27-32,37-38H,1,5-11,13-18H2,2-3H3,(H,39,44)/t20?,21-,22?,23?,24?,25?,27?,28?,29?,30?,31?,32?/m0/s1. The highest BCUT2D eigenvalue weighted by Crippen LogP contribution is 2.43. The average Bonchev–Trinajstić information content (AvgIpc) is 3.02. The number of carbonyl (C=O) groups excluding carboxylic acids is 2. The van der Waals surface area contributed by atoms with Gasteiger partial charge in [-0.2, -0.15) is 5.26 Å². The molecule has 0 aromatic heterocycles. The van der Waals surface area contributed by atoms with Gasteiger partial charge in [-0.3, -0.25) is 15.0 Å². The number of hydrogen-bond acceptors (Lipinski definition) is 7. The zero-order chi connectivity index (χ0) is 31.8. The van der Waals surface area contributed by atoms with E-state index in [9.17, 15) is 14.9 Å². The van der Waals surface area contributed by atoms with Crippen molar-refractivity contribution in [3.8, 4) is 6.07 Å². The number of alkyl halides is 2. The number of fused-ring (bicyclic) bond motifs is 5. The third-order valence-electron chi connectivity index (χ3n) is 11.6. The van der Waals surface area contributed by atoms with E-state index < -0.39 is 36.6 Å². The van der Waals surface area contributed by atoms with E-state index in [-0.39, 0.29) is 66.8 Å². The molecule has 0 radical (unpaired) electrons. The second kappa shape index (κ2) is 13.8. The van der Waals surface area contributed by atoms with Crippen LogP contribution in [0.4, 0.5) is 13.6 Å². The third kappa shape index (κ3) is 6.22. The first-order valence-corrected chi connectivity index (χ1v) is 17.3. The van der Waals surface area contributed by atoms with Crippen LogP contribution in [0.2, 0.25) is 0 Å². The molecule has 1 saturated carbocycles. The number of amides is 3. The van der Waals surface area contributed by atoms with Crippen LogP contribution < -0.4 is 16.0 Å². The van der Waals surface area contributed by atoms with Crippen LogP contribution in [0, 0.1) is 35.0 Å². The lowest BCUT2D eigenvalue weighted by Crippen LogP contribution is -2.79. The Morgan fingerprint density at radius 3 is 2.73 bits per heavy atom. The van der Waals surface area contributed by atoms with Crippen LogP contribution in [0.25, 0.3) is 0 Å². The van der Waals surface area contributed by atoms with Gasteiger partial charge in [-0.25, -0.2) is 13.6 Å². The summed E-state index contributed by atoms with van der Waals surface area (Å²) in [5.74, 6) is -0.650. The lowest BCUT2D eigenvalue weighted by Gasteiger charge is -2.60. The van der Waals surface area contributed by atoms with Crippen molar-refractivity contribution in [1.29, 1.82) is 5.26 Å². The molecule has 5 aliphatic heterocycles. The van der Waals surface area contributed by atoms with Gasteiger partial charge in [0.15, 0.2) is 0 Å². The van der Waals surface area contributed by atoms with Crippen LogP contribution in [-0.2, 0) is 9.53 Å². The number of nitriles is 1. The van der Waals surface area contributed by atoms with Crippen molar-refractivity contribution >= 4 is 11.9 Å². The molecule has 12 atom stereocenters. The first kappa shape index (κ1) is 32.6. The van der Waals surface area contributed by atoms with Gasteiger partial charge in [-0.15, -0.1) is 0 Å². The quantitative estimate of drug-likeness (QED) is 0.409. The Morgan fingerprint density at radius 1 is 1.16 bits per heavy atom. The third-order valence-corrected chi connectivity index (χ3v) is 11.6. The summed E-state index contributed by atoms with van der Waals surface area (Å²) in [5.41, 5.74) is 0. The second-order valence-electron chi connectivity index (χ2n) is 14.4. The van der Waals surface area contributed by atoms with Gasteiger partial charge in [-0.1, -0.05) is 20.4 Å². The Bertz CT molecular complexity index is 1140. The Kier molecular flexibility index (Phi) is 10.00. The van der Waals surface area contributed by atoms with Crippen LogP contribution in [0.1, 0.15) is 65.2 Å². The van der Waals surface area contributed by atoms with Crippen molar-refractivity contribution in [2.75, 3.05) is 32.8 Å². The summed E-state index contributed by atoms with van der Waals surface area (Å²) in [6.07, 6.45) is 2.26. The number of nitrogens with zero attached hydrogens (tertiary/aromatic N) is 4. The van der Waals surface area contributed by atoms with E-state index in [1.54, 1.807) is 4.90 Å². The predicted octanol–water partition coefficient (Wildman–Crippen LogP) is 2.91. The number of nitrogens with one attached hydrogen (secondary N) is 3. The smallest absolute Gasteiger partial charge is 0.320 e. The summed E-state index contributed by atoms with van der Waals surface area (Å²) in [4.78, 5) is 32.8. The van der Waals surface area contributed by atoms with Crippen LogP contribution in [0.3, 0.4) is 0 Å². The number of halogens is 2. The maximum Gasteiger partial charge on any atom is 0.320 e. The molecule has 1 aliphatic carbocycles. The molecule has 10 nitrogen and oxygen atoms in total. The SMILES string of the molecule is C=CC(=O)N1CCN(C2NC(=O)N3C4NC(C(F)CC24)C2C(F)CCCC2OCCCC2CCNC(C(C)C)C23)C[C@@H]1CC#N. The number of carbonyl (C=O) groups is 2. The minimum Gasteiger partial charge on any atom is -0.378 e. The second-order valence-corrected chi connectivity index (χ2v) is 14.4. The minimum absolute atomic E-state index is 0.0590. The lowest BCUT2D eigenvalue weighted by atomic mass is 9.72. The maximum absolute atomic E-state index is 16.6. The van der Waals surface area contributed by atoms with E-state index >= 15 is 8.78 Å². The van der Waals surface area contributed by atoms with Crippen LogP contribution in [0.5, 0.6) is 0 Å². The van der Waals surface area contributed by atoms with Gasteiger partial charge in [-0.05, 0) is 69.4 Å². The average molecular weight is 632 g/mol. The molecule has 6 fully saturated rings. The Balaban J connectivity index is 1.37. The van der Waals surface area contributed by atoms with Gasteiger partial charge >= 0.3 is 6.03 Å². The van der Waals surface area contributed by atoms with Crippen LogP contribution >= 0.6 is 0 Å². The van der Waals surface area contributed by atoms with E-state index in [4.69, 9.17) is 4.74 Å². The molecule has 6 rings (SSSR count). The molecule has 250 valence electrons. The molecule has 45 heavy (non-hydrogen) atoms. The van der Waals surface area contributed by atoms with Crippen molar-refractivity contribution in [3.05, 3.63) is 12.7 Å². The molecule has 12 heteroatoms. The normalized spacial score (nSPS) is 42.7. The zero-order valence-electron chi connectivity index (χ0n) is 26.8. The van der Waals surface area contributed by atoms with Gasteiger partial charge in [0.1, 0.15) is 12.3 Å². The summed E-state index contributed by atoms with van der Waals surface area (Å²) in [7, 11) is 0. The highest BCUT2D eigenvalue weighted by atomic mass is 19.1. The Labute approximate surface area is 266 Å². The first-order valence-electron chi connectivity index (χ1n) is 17.3. The zero-order valence-corrected chi connectivity index (χ0v) is 26.8. The summed E-state index contributed by atoms with van der Waals surface area (Å²) >= 11 is 0. The molecule has 11 unspecified atom stereocenters. The molecule has 3 N–H and O–H groups in total. The fourth-order valence-corrected chi connectivity index (χ4v) is 9.57. The highest BCUT2D eigenvalue weighted by molar-refractivity contribution is 5.87. The van der Waals surface area contributed by atoms with E-state index in [0.29, 0.717) is 32.7 Å². The van der Waals surface area contributed by atoms with Crippen molar-refractivity contribution in [2.24, 2.45) is 23.7 Å². The number of hydrogen-bond donors (Lipinski definition) is 3. The largest absolute Gasteiger partial charge is 0.378 e. The summed E-state index contributed by atoms with van der Waals surface area (Å²) in [5, 5.41) is 20.2.